The second-order valence-electron chi connectivity index (χ2n) is 3.62. The highest BCUT2D eigenvalue weighted by atomic mass is 16.5. The third kappa shape index (κ3) is 0.946. The van der Waals surface area contributed by atoms with Gasteiger partial charge in [0.2, 0.25) is 0 Å². The lowest BCUT2D eigenvalue weighted by Crippen LogP contribution is -2.10. The molecule has 0 fully saturated rings. The van der Waals surface area contributed by atoms with E-state index < -0.39 is 0 Å². The van der Waals surface area contributed by atoms with Crippen LogP contribution in [0.4, 0.5) is 0 Å². The number of rotatable bonds is 0. The first-order chi connectivity index (χ1) is 6.86. The van der Waals surface area contributed by atoms with Gasteiger partial charge in [0.25, 0.3) is 0 Å². The van der Waals surface area contributed by atoms with Gasteiger partial charge in [-0.2, -0.15) is 0 Å². The van der Waals surface area contributed by atoms with Crippen molar-refractivity contribution in [3.8, 4) is 5.75 Å². The molecule has 0 radical (unpaired) electrons. The van der Waals surface area contributed by atoms with E-state index in [1.807, 2.05) is 12.1 Å². The minimum Gasteiger partial charge on any atom is -0.491 e. The van der Waals surface area contributed by atoms with Gasteiger partial charge in [-0.25, -0.2) is 0 Å². The Morgan fingerprint density at radius 2 is 2.00 bits per heavy atom. The molecule has 0 saturated heterocycles. The first-order valence-electron chi connectivity index (χ1n) is 4.76. The number of hydrogen-bond donors (Lipinski definition) is 1. The molecular weight excluding hydrogens is 174 g/mol. The molecule has 0 bridgehead atoms. The van der Waals surface area contributed by atoms with Crippen molar-refractivity contribution in [2.75, 3.05) is 6.61 Å². The molecule has 3 rings (SSSR count). The molecule has 0 aliphatic carbocycles. The summed E-state index contributed by atoms with van der Waals surface area (Å²) in [6.45, 7) is 0.601. The smallest absolute Gasteiger partial charge is 0.132 e. The Kier molecular flexibility index (Phi) is 1.52. The summed E-state index contributed by atoms with van der Waals surface area (Å²) in [7, 11) is 0. The Morgan fingerprint density at radius 1 is 1.14 bits per heavy atom. The van der Waals surface area contributed by atoms with E-state index in [4.69, 9.17) is 10.5 Å². The normalized spacial score (nSPS) is 19.4. The summed E-state index contributed by atoms with van der Waals surface area (Å²) in [5.41, 5.74) is 7.04. The van der Waals surface area contributed by atoms with Gasteiger partial charge in [0.15, 0.2) is 0 Å². The predicted molar refractivity (Wildman–Crippen MR) is 56.4 cm³/mol. The van der Waals surface area contributed by atoms with E-state index >= 15 is 0 Å². The Morgan fingerprint density at radius 3 is 2.93 bits per heavy atom. The van der Waals surface area contributed by atoms with Crippen molar-refractivity contribution in [1.29, 1.82) is 0 Å². The van der Waals surface area contributed by atoms with E-state index in [2.05, 4.69) is 24.3 Å². The van der Waals surface area contributed by atoms with E-state index in [-0.39, 0.29) is 6.04 Å². The van der Waals surface area contributed by atoms with Gasteiger partial charge in [0, 0.05) is 10.9 Å². The van der Waals surface area contributed by atoms with Gasteiger partial charge in [0.1, 0.15) is 12.4 Å². The summed E-state index contributed by atoms with van der Waals surface area (Å²) in [5, 5.41) is 2.37. The summed E-state index contributed by atoms with van der Waals surface area (Å²) in [6, 6.07) is 12.4. The van der Waals surface area contributed by atoms with Gasteiger partial charge in [-0.1, -0.05) is 36.4 Å². The maximum Gasteiger partial charge on any atom is 0.132 e. The van der Waals surface area contributed by atoms with Crippen molar-refractivity contribution in [3.63, 3.8) is 0 Å². The molecule has 1 aliphatic heterocycles. The van der Waals surface area contributed by atoms with Crippen LogP contribution in [0.1, 0.15) is 11.6 Å². The topological polar surface area (TPSA) is 35.2 Å². The summed E-state index contributed by atoms with van der Waals surface area (Å²) >= 11 is 0. The lowest BCUT2D eigenvalue weighted by Gasteiger charge is -2.04. The maximum atomic E-state index is 5.91. The van der Waals surface area contributed by atoms with Gasteiger partial charge in [-0.3, -0.25) is 0 Å². The zero-order chi connectivity index (χ0) is 9.54. The SMILES string of the molecule is NC1COc2c1ccc1ccccc21. The van der Waals surface area contributed by atoms with Crippen LogP contribution in [0.3, 0.4) is 0 Å². The molecule has 1 unspecified atom stereocenters. The fourth-order valence-corrected chi connectivity index (χ4v) is 1.98. The highest BCUT2D eigenvalue weighted by molar-refractivity contribution is 5.90. The quantitative estimate of drug-likeness (QED) is 0.683. The van der Waals surface area contributed by atoms with Crippen molar-refractivity contribution in [3.05, 3.63) is 42.0 Å². The van der Waals surface area contributed by atoms with Crippen LogP contribution >= 0.6 is 0 Å². The van der Waals surface area contributed by atoms with Gasteiger partial charge in [-0.15, -0.1) is 0 Å². The van der Waals surface area contributed by atoms with Crippen LogP contribution in [0.2, 0.25) is 0 Å². The standard InChI is InChI=1S/C12H11NO/c13-11-7-14-12-9-4-2-1-3-8(9)5-6-10(11)12/h1-6,11H,7,13H2. The molecule has 1 heterocycles. The lowest BCUT2D eigenvalue weighted by molar-refractivity contribution is 0.336. The highest BCUT2D eigenvalue weighted by Crippen LogP contribution is 2.37. The fourth-order valence-electron chi connectivity index (χ4n) is 1.98. The first kappa shape index (κ1) is 7.83. The van der Waals surface area contributed by atoms with Crippen LogP contribution in [0.25, 0.3) is 10.8 Å². The Bertz CT molecular complexity index is 493. The highest BCUT2D eigenvalue weighted by Gasteiger charge is 2.21. The number of fused-ring (bicyclic) bond motifs is 3. The van der Waals surface area contributed by atoms with Gasteiger partial charge < -0.3 is 10.5 Å². The number of hydrogen-bond acceptors (Lipinski definition) is 2. The van der Waals surface area contributed by atoms with Crippen LogP contribution in [0.5, 0.6) is 5.75 Å². The Hall–Kier alpha value is -1.54. The summed E-state index contributed by atoms with van der Waals surface area (Å²) in [4.78, 5) is 0. The van der Waals surface area contributed by atoms with Crippen LogP contribution in [-0.4, -0.2) is 6.61 Å². The molecule has 0 spiro atoms. The molecule has 2 aromatic rings. The number of benzene rings is 2. The molecule has 2 nitrogen and oxygen atoms in total. The number of nitrogens with two attached hydrogens (primary N) is 1. The largest absolute Gasteiger partial charge is 0.491 e. The Labute approximate surface area is 82.3 Å². The first-order valence-corrected chi connectivity index (χ1v) is 4.76. The van der Waals surface area contributed by atoms with Crippen LogP contribution in [0.15, 0.2) is 36.4 Å². The molecule has 1 atom stereocenters. The minimum absolute atomic E-state index is 0.0367. The predicted octanol–water partition coefficient (Wildman–Crippen LogP) is 2.23. The van der Waals surface area contributed by atoms with Crippen LogP contribution in [0, 0.1) is 0 Å². The summed E-state index contributed by atoms with van der Waals surface area (Å²) in [6.07, 6.45) is 0. The zero-order valence-electron chi connectivity index (χ0n) is 7.73. The van der Waals surface area contributed by atoms with Crippen molar-refractivity contribution in [2.24, 2.45) is 5.73 Å². The average Bonchev–Trinajstić information content (AvgIpc) is 2.61. The van der Waals surface area contributed by atoms with Crippen LogP contribution < -0.4 is 10.5 Å². The van der Waals surface area contributed by atoms with E-state index in [9.17, 15) is 0 Å². The lowest BCUT2D eigenvalue weighted by atomic mass is 10.0. The van der Waals surface area contributed by atoms with Crippen molar-refractivity contribution in [2.45, 2.75) is 6.04 Å². The molecule has 1 aliphatic rings. The molecule has 2 N–H and O–H groups in total. The molecule has 0 amide bonds. The van der Waals surface area contributed by atoms with Gasteiger partial charge in [-0.05, 0) is 5.39 Å². The average molecular weight is 185 g/mol. The van der Waals surface area contributed by atoms with Crippen molar-refractivity contribution >= 4 is 10.8 Å². The van der Waals surface area contributed by atoms with E-state index in [1.54, 1.807) is 0 Å². The zero-order valence-corrected chi connectivity index (χ0v) is 7.73. The molecule has 14 heavy (non-hydrogen) atoms. The van der Waals surface area contributed by atoms with E-state index in [0.717, 1.165) is 16.7 Å². The molecule has 2 aromatic carbocycles. The van der Waals surface area contributed by atoms with Crippen molar-refractivity contribution < 1.29 is 4.74 Å². The minimum atomic E-state index is 0.0367. The number of ether oxygens (including phenoxy) is 1. The maximum absolute atomic E-state index is 5.91. The van der Waals surface area contributed by atoms with Gasteiger partial charge in [0.05, 0.1) is 6.04 Å². The third-order valence-corrected chi connectivity index (χ3v) is 2.72. The second kappa shape index (κ2) is 2.72. The second-order valence-corrected chi connectivity index (χ2v) is 3.62. The van der Waals surface area contributed by atoms with E-state index in [1.165, 1.54) is 5.39 Å². The molecule has 0 saturated carbocycles. The van der Waals surface area contributed by atoms with Crippen LogP contribution in [-0.2, 0) is 0 Å². The molecule has 70 valence electrons. The molecular formula is C12H11NO. The summed E-state index contributed by atoms with van der Waals surface area (Å²) < 4.78 is 5.60. The van der Waals surface area contributed by atoms with Crippen molar-refractivity contribution in [1.82, 2.24) is 0 Å². The monoisotopic (exact) mass is 185 g/mol. The Balaban J connectivity index is 2.38. The third-order valence-electron chi connectivity index (χ3n) is 2.72. The molecule has 2 heteroatoms. The molecule has 0 aromatic heterocycles. The van der Waals surface area contributed by atoms with E-state index in [0.29, 0.717) is 6.61 Å². The fraction of sp³-hybridized carbons (Fsp3) is 0.167. The van der Waals surface area contributed by atoms with Gasteiger partial charge >= 0.3 is 0 Å². The summed E-state index contributed by atoms with van der Waals surface area (Å²) in [5.74, 6) is 0.968.